The molecule has 3 aromatic rings. The van der Waals surface area contributed by atoms with Crippen molar-refractivity contribution in [2.45, 2.75) is 26.4 Å². The monoisotopic (exact) mass is 441 g/mol. The van der Waals surface area contributed by atoms with Crippen molar-refractivity contribution in [1.29, 1.82) is 0 Å². The van der Waals surface area contributed by atoms with Gasteiger partial charge in [0.1, 0.15) is 5.60 Å². The molecular weight excluding hydrogens is 418 g/mol. The third kappa shape index (κ3) is 4.77. The number of piperazine rings is 1. The Morgan fingerprint density at radius 1 is 1.06 bits per heavy atom. The molecule has 0 atom stereocenters. The molecule has 2 N–H and O–H groups in total. The summed E-state index contributed by atoms with van der Waals surface area (Å²) in [6.45, 7) is 7.71. The molecule has 0 bridgehead atoms. The number of nitrogen functional groups attached to an aromatic ring is 1. The van der Waals surface area contributed by atoms with Crippen molar-refractivity contribution in [2.24, 2.45) is 0 Å². The molecular formula is C21H24ClN7O2. The van der Waals surface area contributed by atoms with Crippen LogP contribution in [0.3, 0.4) is 0 Å². The first-order valence-electron chi connectivity index (χ1n) is 9.99. The summed E-state index contributed by atoms with van der Waals surface area (Å²) in [4.78, 5) is 34.0. The summed E-state index contributed by atoms with van der Waals surface area (Å²) in [5.74, 6) is 0.736. The molecule has 1 saturated heterocycles. The van der Waals surface area contributed by atoms with Gasteiger partial charge in [-0.2, -0.15) is 9.97 Å². The van der Waals surface area contributed by atoms with Gasteiger partial charge in [-0.25, -0.2) is 14.8 Å². The van der Waals surface area contributed by atoms with Gasteiger partial charge in [0.05, 0.1) is 11.9 Å². The Labute approximate surface area is 185 Å². The highest BCUT2D eigenvalue weighted by Crippen LogP contribution is 2.27. The number of carbonyl (C=O) groups is 1. The Hall–Kier alpha value is -3.20. The van der Waals surface area contributed by atoms with Crippen LogP contribution in [0.4, 0.5) is 16.6 Å². The summed E-state index contributed by atoms with van der Waals surface area (Å²) in [5, 5.41) is 0.650. The lowest BCUT2D eigenvalue weighted by atomic mass is 10.1. The molecule has 1 amide bonds. The van der Waals surface area contributed by atoms with E-state index in [-0.39, 0.29) is 12.0 Å². The second-order valence-corrected chi connectivity index (χ2v) is 8.73. The van der Waals surface area contributed by atoms with Crippen LogP contribution < -0.4 is 10.6 Å². The number of halogens is 1. The normalized spacial score (nSPS) is 14.7. The molecule has 1 aromatic carbocycles. The lowest BCUT2D eigenvalue weighted by Crippen LogP contribution is -2.50. The third-order valence-corrected chi connectivity index (χ3v) is 5.03. The number of amides is 1. The first-order chi connectivity index (χ1) is 14.7. The molecule has 0 unspecified atom stereocenters. The molecule has 9 nitrogen and oxygen atoms in total. The maximum atomic E-state index is 12.4. The highest BCUT2D eigenvalue weighted by atomic mass is 35.5. The highest BCUT2D eigenvalue weighted by Gasteiger charge is 2.27. The maximum absolute atomic E-state index is 12.4. The Balaban J connectivity index is 1.61. The largest absolute Gasteiger partial charge is 0.444 e. The Morgan fingerprint density at radius 3 is 2.39 bits per heavy atom. The quantitative estimate of drug-likeness (QED) is 0.644. The Kier molecular flexibility index (Phi) is 5.53. The molecule has 162 valence electrons. The number of benzene rings is 1. The second kappa shape index (κ2) is 8.14. The summed E-state index contributed by atoms with van der Waals surface area (Å²) in [5.41, 5.74) is 7.96. The number of carbonyl (C=O) groups excluding carboxylic acids is 1. The molecule has 10 heteroatoms. The van der Waals surface area contributed by atoms with Gasteiger partial charge in [0, 0.05) is 36.8 Å². The van der Waals surface area contributed by atoms with Crippen LogP contribution in [0, 0.1) is 0 Å². The van der Waals surface area contributed by atoms with Gasteiger partial charge in [-0.05, 0) is 32.9 Å². The van der Waals surface area contributed by atoms with Gasteiger partial charge >= 0.3 is 6.09 Å². The summed E-state index contributed by atoms with van der Waals surface area (Å²) in [6.07, 6.45) is 1.34. The summed E-state index contributed by atoms with van der Waals surface area (Å²) >= 11 is 5.99. The zero-order valence-electron chi connectivity index (χ0n) is 17.7. The number of hydrogen-bond acceptors (Lipinski definition) is 8. The minimum absolute atomic E-state index is 0.130. The third-order valence-electron chi connectivity index (χ3n) is 4.78. The fourth-order valence-corrected chi connectivity index (χ4v) is 3.44. The van der Waals surface area contributed by atoms with E-state index in [0.29, 0.717) is 53.9 Å². The SMILES string of the molecule is CC(C)(C)OC(=O)N1CCN(c2nc(N)nc3ncc(-c4ccc(Cl)cc4)nc23)CC1. The van der Waals surface area contributed by atoms with Gasteiger partial charge in [0.2, 0.25) is 5.95 Å². The fraction of sp³-hybridized carbons (Fsp3) is 0.381. The number of aromatic nitrogens is 4. The second-order valence-electron chi connectivity index (χ2n) is 8.29. The lowest BCUT2D eigenvalue weighted by Gasteiger charge is -2.36. The number of rotatable bonds is 2. The van der Waals surface area contributed by atoms with Crippen LogP contribution in [0.15, 0.2) is 30.5 Å². The van der Waals surface area contributed by atoms with Crippen LogP contribution in [-0.2, 0) is 4.74 Å². The predicted octanol–water partition coefficient (Wildman–Crippen LogP) is 3.38. The molecule has 1 aliphatic heterocycles. The summed E-state index contributed by atoms with van der Waals surface area (Å²) in [7, 11) is 0. The number of hydrogen-bond donors (Lipinski definition) is 1. The van der Waals surface area contributed by atoms with E-state index in [1.807, 2.05) is 37.8 Å². The molecule has 4 rings (SSSR count). The van der Waals surface area contributed by atoms with Crippen LogP contribution in [0.2, 0.25) is 5.02 Å². The van der Waals surface area contributed by atoms with E-state index in [4.69, 9.17) is 27.1 Å². The van der Waals surface area contributed by atoms with Gasteiger partial charge < -0.3 is 20.3 Å². The van der Waals surface area contributed by atoms with Gasteiger partial charge in [-0.3, -0.25) is 0 Å². The average Bonchev–Trinajstić information content (AvgIpc) is 2.72. The highest BCUT2D eigenvalue weighted by molar-refractivity contribution is 6.30. The van der Waals surface area contributed by atoms with Crippen LogP contribution in [0.1, 0.15) is 20.8 Å². The predicted molar refractivity (Wildman–Crippen MR) is 120 cm³/mol. The molecule has 1 aliphatic rings. The van der Waals surface area contributed by atoms with Gasteiger partial charge in [-0.15, -0.1) is 0 Å². The lowest BCUT2D eigenvalue weighted by molar-refractivity contribution is 0.0240. The van der Waals surface area contributed by atoms with Crippen molar-refractivity contribution in [3.63, 3.8) is 0 Å². The first-order valence-corrected chi connectivity index (χ1v) is 10.4. The minimum Gasteiger partial charge on any atom is -0.444 e. The Bertz CT molecular complexity index is 1110. The van der Waals surface area contributed by atoms with Crippen molar-refractivity contribution in [3.05, 3.63) is 35.5 Å². The van der Waals surface area contributed by atoms with Gasteiger partial charge in [0.25, 0.3) is 0 Å². The van der Waals surface area contributed by atoms with Crippen molar-refractivity contribution in [2.75, 3.05) is 36.8 Å². The summed E-state index contributed by atoms with van der Waals surface area (Å²) < 4.78 is 5.47. The minimum atomic E-state index is -0.529. The number of anilines is 2. The van der Waals surface area contributed by atoms with E-state index in [2.05, 4.69) is 15.0 Å². The van der Waals surface area contributed by atoms with Crippen molar-refractivity contribution in [1.82, 2.24) is 24.8 Å². The molecule has 0 radical (unpaired) electrons. The number of fused-ring (bicyclic) bond motifs is 1. The van der Waals surface area contributed by atoms with E-state index >= 15 is 0 Å². The molecule has 1 fully saturated rings. The van der Waals surface area contributed by atoms with Crippen molar-refractivity contribution in [3.8, 4) is 11.3 Å². The number of nitrogens with two attached hydrogens (primary N) is 1. The molecule has 3 heterocycles. The molecule has 31 heavy (non-hydrogen) atoms. The maximum Gasteiger partial charge on any atom is 0.410 e. The topological polar surface area (TPSA) is 110 Å². The van der Waals surface area contributed by atoms with Crippen molar-refractivity contribution >= 4 is 40.6 Å². The number of nitrogens with zero attached hydrogens (tertiary/aromatic N) is 6. The van der Waals surface area contributed by atoms with Crippen LogP contribution >= 0.6 is 11.6 Å². The van der Waals surface area contributed by atoms with E-state index in [1.54, 1.807) is 23.2 Å². The Morgan fingerprint density at radius 2 is 1.74 bits per heavy atom. The van der Waals surface area contributed by atoms with Crippen LogP contribution in [0.5, 0.6) is 0 Å². The molecule has 0 aliphatic carbocycles. The summed E-state index contributed by atoms with van der Waals surface area (Å²) in [6, 6.07) is 7.38. The van der Waals surface area contributed by atoms with Gasteiger partial charge in [0.15, 0.2) is 17.0 Å². The fourth-order valence-electron chi connectivity index (χ4n) is 3.32. The average molecular weight is 442 g/mol. The standard InChI is InChI=1S/C21H24ClN7O2/c1-21(2,3)31-20(30)29-10-8-28(9-11-29)18-16-17(26-19(23)27-18)24-12-15(25-16)13-4-6-14(22)7-5-13/h4-7,12H,8-11H2,1-3H3,(H2,23,24,26,27). The van der Waals surface area contributed by atoms with Crippen LogP contribution in [-0.4, -0.2) is 62.7 Å². The smallest absolute Gasteiger partial charge is 0.410 e. The first kappa shape index (κ1) is 21.0. The van der Waals surface area contributed by atoms with Crippen LogP contribution in [0.25, 0.3) is 22.4 Å². The zero-order valence-corrected chi connectivity index (χ0v) is 18.4. The van der Waals surface area contributed by atoms with E-state index < -0.39 is 5.60 Å². The van der Waals surface area contributed by atoms with E-state index in [0.717, 1.165) is 5.56 Å². The van der Waals surface area contributed by atoms with E-state index in [9.17, 15) is 4.79 Å². The molecule has 0 saturated carbocycles. The molecule has 0 spiro atoms. The van der Waals surface area contributed by atoms with Gasteiger partial charge in [-0.1, -0.05) is 23.7 Å². The van der Waals surface area contributed by atoms with Crippen molar-refractivity contribution < 1.29 is 9.53 Å². The molecule has 2 aromatic heterocycles. The number of ether oxygens (including phenoxy) is 1. The zero-order chi connectivity index (χ0) is 22.2. The van der Waals surface area contributed by atoms with E-state index in [1.165, 1.54) is 0 Å².